The van der Waals surface area contributed by atoms with Crippen LogP contribution in [0.15, 0.2) is 10.7 Å². The van der Waals surface area contributed by atoms with Crippen molar-refractivity contribution >= 4 is 6.01 Å². The molecule has 102 valence electrons. The molecule has 0 spiro atoms. The highest BCUT2D eigenvalue weighted by Crippen LogP contribution is 2.23. The minimum absolute atomic E-state index is 0.235. The van der Waals surface area contributed by atoms with Crippen LogP contribution >= 0.6 is 0 Å². The lowest BCUT2D eigenvalue weighted by Crippen LogP contribution is -2.37. The van der Waals surface area contributed by atoms with E-state index in [4.69, 9.17) is 9.15 Å². The van der Waals surface area contributed by atoms with Crippen LogP contribution in [-0.2, 0) is 11.3 Å². The molecular weight excluding hydrogens is 230 g/mol. The van der Waals surface area contributed by atoms with E-state index in [0.717, 1.165) is 25.3 Å². The monoisotopic (exact) mass is 253 g/mol. The Morgan fingerprint density at radius 2 is 2.33 bits per heavy atom. The molecule has 1 N–H and O–H groups in total. The molecule has 0 saturated carbocycles. The lowest BCUT2D eigenvalue weighted by Gasteiger charge is -2.24. The van der Waals surface area contributed by atoms with Crippen molar-refractivity contribution < 1.29 is 9.15 Å². The number of hydrogen-bond donors (Lipinski definition) is 1. The van der Waals surface area contributed by atoms with Crippen LogP contribution in [0.5, 0.6) is 0 Å². The van der Waals surface area contributed by atoms with Gasteiger partial charge in [0, 0.05) is 26.2 Å². The highest BCUT2D eigenvalue weighted by Gasteiger charge is 2.30. The van der Waals surface area contributed by atoms with Gasteiger partial charge in [-0.25, -0.2) is 0 Å². The summed E-state index contributed by atoms with van der Waals surface area (Å²) in [5, 5.41) is 3.33. The van der Waals surface area contributed by atoms with E-state index in [0.29, 0.717) is 18.1 Å². The van der Waals surface area contributed by atoms with Crippen LogP contribution in [0.1, 0.15) is 32.9 Å². The van der Waals surface area contributed by atoms with Crippen LogP contribution in [0, 0.1) is 0 Å². The van der Waals surface area contributed by atoms with Crippen molar-refractivity contribution in [3.05, 3.63) is 12.0 Å². The SMILES string of the molecule is CC(C)NCc1coc(N(C)C2CCOC2C)n1. The molecule has 1 saturated heterocycles. The van der Waals surface area contributed by atoms with Gasteiger partial charge in [0.05, 0.1) is 17.8 Å². The van der Waals surface area contributed by atoms with Gasteiger partial charge in [-0.2, -0.15) is 4.98 Å². The number of likely N-dealkylation sites (N-methyl/N-ethyl adjacent to an activating group) is 1. The number of rotatable bonds is 5. The standard InChI is InChI=1S/C13H23N3O2/c1-9(2)14-7-11-8-18-13(15-11)16(4)12-5-6-17-10(12)3/h8-10,12,14H,5-7H2,1-4H3. The first-order valence-corrected chi connectivity index (χ1v) is 6.60. The van der Waals surface area contributed by atoms with Gasteiger partial charge in [0.15, 0.2) is 0 Å². The van der Waals surface area contributed by atoms with Crippen molar-refractivity contribution in [1.29, 1.82) is 0 Å². The summed E-state index contributed by atoms with van der Waals surface area (Å²) in [6.45, 7) is 7.89. The molecule has 0 aliphatic carbocycles. The van der Waals surface area contributed by atoms with Gasteiger partial charge in [-0.05, 0) is 13.3 Å². The molecule has 0 radical (unpaired) electrons. The van der Waals surface area contributed by atoms with Crippen LogP contribution in [0.25, 0.3) is 0 Å². The second kappa shape index (κ2) is 5.71. The van der Waals surface area contributed by atoms with Gasteiger partial charge in [0.25, 0.3) is 6.01 Å². The van der Waals surface area contributed by atoms with Crippen LogP contribution < -0.4 is 10.2 Å². The fraction of sp³-hybridized carbons (Fsp3) is 0.769. The molecular formula is C13H23N3O2. The van der Waals surface area contributed by atoms with Gasteiger partial charge in [-0.15, -0.1) is 0 Å². The molecule has 1 aliphatic rings. The average Bonchev–Trinajstić information content (AvgIpc) is 2.94. The summed E-state index contributed by atoms with van der Waals surface area (Å²) < 4.78 is 11.1. The number of aromatic nitrogens is 1. The molecule has 18 heavy (non-hydrogen) atoms. The number of oxazole rings is 1. The van der Waals surface area contributed by atoms with Crippen LogP contribution in [0.4, 0.5) is 6.01 Å². The van der Waals surface area contributed by atoms with E-state index in [2.05, 4.69) is 36.0 Å². The molecule has 1 aromatic rings. The highest BCUT2D eigenvalue weighted by atomic mass is 16.5. The van der Waals surface area contributed by atoms with E-state index in [9.17, 15) is 0 Å². The normalized spacial score (nSPS) is 23.8. The first-order valence-electron chi connectivity index (χ1n) is 6.60. The van der Waals surface area contributed by atoms with E-state index < -0.39 is 0 Å². The maximum Gasteiger partial charge on any atom is 0.297 e. The molecule has 1 aromatic heterocycles. The van der Waals surface area contributed by atoms with E-state index in [1.54, 1.807) is 6.26 Å². The Morgan fingerprint density at radius 3 is 2.94 bits per heavy atom. The maximum atomic E-state index is 5.57. The van der Waals surface area contributed by atoms with Crippen molar-refractivity contribution in [2.45, 2.75) is 51.9 Å². The Labute approximate surface area is 109 Å². The average molecular weight is 253 g/mol. The van der Waals surface area contributed by atoms with Gasteiger partial charge >= 0.3 is 0 Å². The smallest absolute Gasteiger partial charge is 0.297 e. The van der Waals surface area contributed by atoms with Gasteiger partial charge < -0.3 is 19.4 Å². The number of nitrogens with one attached hydrogen (secondary N) is 1. The summed E-state index contributed by atoms with van der Waals surface area (Å²) in [6, 6.07) is 1.48. The van der Waals surface area contributed by atoms with Crippen molar-refractivity contribution in [2.24, 2.45) is 0 Å². The topological polar surface area (TPSA) is 50.5 Å². The molecule has 2 unspecified atom stereocenters. The van der Waals surface area contributed by atoms with Gasteiger partial charge in [-0.1, -0.05) is 13.8 Å². The quantitative estimate of drug-likeness (QED) is 0.867. The molecule has 5 heteroatoms. The first kappa shape index (κ1) is 13.4. The van der Waals surface area contributed by atoms with E-state index in [-0.39, 0.29) is 6.10 Å². The minimum atomic E-state index is 0.235. The van der Waals surface area contributed by atoms with Crippen LogP contribution in [-0.4, -0.2) is 36.8 Å². The van der Waals surface area contributed by atoms with E-state index >= 15 is 0 Å². The molecule has 0 bridgehead atoms. The predicted octanol–water partition coefficient (Wildman–Crippen LogP) is 1.79. The Morgan fingerprint density at radius 1 is 1.56 bits per heavy atom. The number of nitrogens with zero attached hydrogens (tertiary/aromatic N) is 2. The lowest BCUT2D eigenvalue weighted by atomic mass is 10.1. The number of ether oxygens (including phenoxy) is 1. The molecule has 1 aliphatic heterocycles. The molecule has 1 fully saturated rings. The zero-order valence-corrected chi connectivity index (χ0v) is 11.6. The Kier molecular flexibility index (Phi) is 4.24. The fourth-order valence-corrected chi connectivity index (χ4v) is 2.22. The van der Waals surface area contributed by atoms with Gasteiger partial charge in [0.1, 0.15) is 6.26 Å². The van der Waals surface area contributed by atoms with Crippen molar-refractivity contribution in [1.82, 2.24) is 10.3 Å². The van der Waals surface area contributed by atoms with E-state index in [1.165, 1.54) is 0 Å². The molecule has 0 amide bonds. The van der Waals surface area contributed by atoms with E-state index in [1.807, 2.05) is 7.05 Å². The van der Waals surface area contributed by atoms with Gasteiger partial charge in [0.2, 0.25) is 0 Å². The summed E-state index contributed by atoms with van der Waals surface area (Å²) in [7, 11) is 2.02. The first-order chi connectivity index (χ1) is 8.58. The molecule has 2 heterocycles. The third-order valence-electron chi connectivity index (χ3n) is 3.37. The molecule has 2 rings (SSSR count). The molecule has 0 aromatic carbocycles. The molecule has 5 nitrogen and oxygen atoms in total. The molecule has 2 atom stereocenters. The lowest BCUT2D eigenvalue weighted by molar-refractivity contribution is 0.117. The third kappa shape index (κ3) is 3.03. The third-order valence-corrected chi connectivity index (χ3v) is 3.37. The highest BCUT2D eigenvalue weighted by molar-refractivity contribution is 5.28. The maximum absolute atomic E-state index is 5.57. The van der Waals surface area contributed by atoms with Crippen molar-refractivity contribution in [2.75, 3.05) is 18.6 Å². The van der Waals surface area contributed by atoms with Crippen LogP contribution in [0.3, 0.4) is 0 Å². The number of hydrogen-bond acceptors (Lipinski definition) is 5. The summed E-state index contributed by atoms with van der Waals surface area (Å²) in [5.41, 5.74) is 0.942. The number of anilines is 1. The fourth-order valence-electron chi connectivity index (χ4n) is 2.22. The Bertz CT molecular complexity index is 378. The Hall–Kier alpha value is -1.07. The predicted molar refractivity (Wildman–Crippen MR) is 70.7 cm³/mol. The summed E-state index contributed by atoms with van der Waals surface area (Å²) in [6.07, 6.45) is 2.99. The summed E-state index contributed by atoms with van der Waals surface area (Å²) in [4.78, 5) is 6.58. The zero-order valence-electron chi connectivity index (χ0n) is 11.6. The largest absolute Gasteiger partial charge is 0.432 e. The minimum Gasteiger partial charge on any atom is -0.432 e. The summed E-state index contributed by atoms with van der Waals surface area (Å²) in [5.74, 6) is 0. The second-order valence-corrected chi connectivity index (χ2v) is 5.20. The Balaban J connectivity index is 1.96. The van der Waals surface area contributed by atoms with Crippen molar-refractivity contribution in [3.8, 4) is 0 Å². The van der Waals surface area contributed by atoms with Gasteiger partial charge in [-0.3, -0.25) is 0 Å². The van der Waals surface area contributed by atoms with Crippen molar-refractivity contribution in [3.63, 3.8) is 0 Å². The zero-order chi connectivity index (χ0) is 13.1. The second-order valence-electron chi connectivity index (χ2n) is 5.20. The summed E-state index contributed by atoms with van der Waals surface area (Å²) >= 11 is 0. The van der Waals surface area contributed by atoms with Crippen LogP contribution in [0.2, 0.25) is 0 Å².